The summed E-state index contributed by atoms with van der Waals surface area (Å²) in [5.41, 5.74) is 2.63. The van der Waals surface area contributed by atoms with Crippen molar-refractivity contribution in [1.29, 1.82) is 0 Å². The topological polar surface area (TPSA) is 52.5 Å². The monoisotopic (exact) mass is 229 g/mol. The van der Waals surface area contributed by atoms with E-state index in [9.17, 15) is 10.2 Å². The molecule has 0 aromatic heterocycles. The highest BCUT2D eigenvalue weighted by atomic mass is 16.3. The second kappa shape index (κ2) is 4.78. The van der Waals surface area contributed by atoms with Crippen molar-refractivity contribution in [3.63, 3.8) is 0 Å². The Morgan fingerprint density at radius 3 is 2.35 bits per heavy atom. The van der Waals surface area contributed by atoms with Gasteiger partial charge >= 0.3 is 0 Å². The fraction of sp³-hybridized carbons (Fsp3) is 0.143. The fourth-order valence-electron chi connectivity index (χ4n) is 1.61. The molecule has 2 aromatic carbocycles. The summed E-state index contributed by atoms with van der Waals surface area (Å²) in [6.07, 6.45) is 0.998. The molecule has 0 bridgehead atoms. The van der Waals surface area contributed by atoms with Crippen LogP contribution in [0.1, 0.15) is 12.5 Å². The molecule has 0 saturated heterocycles. The molecule has 2 rings (SSSR count). The van der Waals surface area contributed by atoms with Crippen LogP contribution < -0.4 is 5.32 Å². The molecule has 0 fully saturated rings. The Labute approximate surface area is 100 Å². The summed E-state index contributed by atoms with van der Waals surface area (Å²) in [6.45, 7) is 2.10. The number of phenols is 2. The van der Waals surface area contributed by atoms with Crippen LogP contribution in [0.5, 0.6) is 11.5 Å². The molecule has 3 nitrogen and oxygen atoms in total. The van der Waals surface area contributed by atoms with Crippen LogP contribution in [0.15, 0.2) is 42.5 Å². The fourth-order valence-corrected chi connectivity index (χ4v) is 1.61. The molecule has 3 N–H and O–H groups in total. The first-order chi connectivity index (χ1) is 8.20. The van der Waals surface area contributed by atoms with Crippen molar-refractivity contribution in [3.05, 3.63) is 48.0 Å². The minimum Gasteiger partial charge on any atom is -0.504 e. The summed E-state index contributed by atoms with van der Waals surface area (Å²) in [5, 5.41) is 22.1. The third-order valence-electron chi connectivity index (χ3n) is 2.66. The number of anilines is 2. The molecule has 0 atom stereocenters. The van der Waals surface area contributed by atoms with E-state index in [1.807, 2.05) is 24.3 Å². The highest BCUT2D eigenvalue weighted by Crippen LogP contribution is 2.34. The van der Waals surface area contributed by atoms with Crippen LogP contribution in [0.2, 0.25) is 0 Å². The highest BCUT2D eigenvalue weighted by molar-refractivity contribution is 5.69. The minimum atomic E-state index is -0.132. The smallest absolute Gasteiger partial charge is 0.181 e. The van der Waals surface area contributed by atoms with Gasteiger partial charge in [-0.15, -0.1) is 0 Å². The summed E-state index contributed by atoms with van der Waals surface area (Å²) in [5.74, 6) is -0.257. The predicted molar refractivity (Wildman–Crippen MR) is 68.9 cm³/mol. The van der Waals surface area contributed by atoms with Crippen molar-refractivity contribution in [1.82, 2.24) is 0 Å². The van der Waals surface area contributed by atoms with E-state index in [2.05, 4.69) is 12.2 Å². The summed E-state index contributed by atoms with van der Waals surface area (Å²) < 4.78 is 0. The molecule has 3 heteroatoms. The zero-order chi connectivity index (χ0) is 12.3. The lowest BCUT2D eigenvalue weighted by atomic mass is 10.1. The second-order valence-corrected chi connectivity index (χ2v) is 3.85. The van der Waals surface area contributed by atoms with Gasteiger partial charge in [-0.3, -0.25) is 0 Å². The van der Waals surface area contributed by atoms with Gasteiger partial charge in [0.15, 0.2) is 11.5 Å². The summed E-state index contributed by atoms with van der Waals surface area (Å²) >= 11 is 0. The first-order valence-electron chi connectivity index (χ1n) is 5.57. The first kappa shape index (κ1) is 11.3. The minimum absolute atomic E-state index is 0.125. The quantitative estimate of drug-likeness (QED) is 0.707. The van der Waals surface area contributed by atoms with Crippen LogP contribution in [0.4, 0.5) is 11.4 Å². The number of phenolic OH excluding ortho intramolecular Hbond substituents is 2. The van der Waals surface area contributed by atoms with Crippen molar-refractivity contribution in [3.8, 4) is 11.5 Å². The lowest BCUT2D eigenvalue weighted by Gasteiger charge is -2.09. The van der Waals surface area contributed by atoms with Crippen LogP contribution in [-0.2, 0) is 6.42 Å². The number of aromatic hydroxyl groups is 2. The van der Waals surface area contributed by atoms with E-state index >= 15 is 0 Å². The number of benzene rings is 2. The van der Waals surface area contributed by atoms with Crippen LogP contribution >= 0.6 is 0 Å². The average Bonchev–Trinajstić information content (AvgIpc) is 2.36. The van der Waals surface area contributed by atoms with Crippen LogP contribution in [0.3, 0.4) is 0 Å². The van der Waals surface area contributed by atoms with Gasteiger partial charge < -0.3 is 15.5 Å². The molecule has 0 saturated carbocycles. The molecular formula is C14H15NO2. The molecule has 0 radical (unpaired) electrons. The lowest BCUT2D eigenvalue weighted by Crippen LogP contribution is -1.91. The van der Waals surface area contributed by atoms with Gasteiger partial charge in [-0.1, -0.05) is 25.1 Å². The van der Waals surface area contributed by atoms with Gasteiger partial charge in [0, 0.05) is 5.69 Å². The van der Waals surface area contributed by atoms with E-state index in [4.69, 9.17) is 0 Å². The van der Waals surface area contributed by atoms with Crippen molar-refractivity contribution in [2.45, 2.75) is 13.3 Å². The number of aryl methyl sites for hydroxylation is 1. The van der Waals surface area contributed by atoms with Gasteiger partial charge in [-0.25, -0.2) is 0 Å². The molecule has 0 aliphatic heterocycles. The Balaban J connectivity index is 2.22. The van der Waals surface area contributed by atoms with E-state index in [0.717, 1.165) is 12.1 Å². The van der Waals surface area contributed by atoms with Crippen molar-refractivity contribution < 1.29 is 10.2 Å². The first-order valence-corrected chi connectivity index (χ1v) is 5.57. The van der Waals surface area contributed by atoms with E-state index < -0.39 is 0 Å². The van der Waals surface area contributed by atoms with Crippen molar-refractivity contribution in [2.24, 2.45) is 0 Å². The number of hydrogen-bond acceptors (Lipinski definition) is 3. The maximum absolute atomic E-state index is 9.65. The molecule has 0 heterocycles. The highest BCUT2D eigenvalue weighted by Gasteiger charge is 2.05. The van der Waals surface area contributed by atoms with Gasteiger partial charge in [0.05, 0.1) is 5.69 Å². The number of nitrogens with one attached hydrogen (secondary N) is 1. The average molecular weight is 229 g/mol. The molecule has 17 heavy (non-hydrogen) atoms. The normalized spacial score (nSPS) is 10.2. The second-order valence-electron chi connectivity index (χ2n) is 3.85. The number of rotatable bonds is 3. The predicted octanol–water partition coefficient (Wildman–Crippen LogP) is 3.40. The molecule has 0 spiro atoms. The SMILES string of the molecule is CCc1ccc(Nc2cccc(O)c2O)cc1. The summed E-state index contributed by atoms with van der Waals surface area (Å²) in [4.78, 5) is 0. The Kier molecular flexibility index (Phi) is 3.19. The Morgan fingerprint density at radius 2 is 1.71 bits per heavy atom. The van der Waals surface area contributed by atoms with E-state index in [1.165, 1.54) is 11.6 Å². The van der Waals surface area contributed by atoms with Crippen LogP contribution in [0.25, 0.3) is 0 Å². The third-order valence-corrected chi connectivity index (χ3v) is 2.66. The number of hydrogen-bond donors (Lipinski definition) is 3. The van der Waals surface area contributed by atoms with Gasteiger partial charge in [0.1, 0.15) is 0 Å². The van der Waals surface area contributed by atoms with Gasteiger partial charge in [0.25, 0.3) is 0 Å². The Bertz CT molecular complexity index is 506. The Morgan fingerprint density at radius 1 is 1.00 bits per heavy atom. The van der Waals surface area contributed by atoms with E-state index in [-0.39, 0.29) is 11.5 Å². The van der Waals surface area contributed by atoms with E-state index in [1.54, 1.807) is 12.1 Å². The molecular weight excluding hydrogens is 214 g/mol. The van der Waals surface area contributed by atoms with Crippen molar-refractivity contribution in [2.75, 3.05) is 5.32 Å². The maximum atomic E-state index is 9.65. The molecule has 0 amide bonds. The molecule has 0 aliphatic rings. The summed E-state index contributed by atoms with van der Waals surface area (Å²) in [7, 11) is 0. The van der Waals surface area contributed by atoms with Gasteiger partial charge in [0.2, 0.25) is 0 Å². The van der Waals surface area contributed by atoms with E-state index in [0.29, 0.717) is 5.69 Å². The standard InChI is InChI=1S/C14H15NO2/c1-2-10-6-8-11(9-7-10)15-12-4-3-5-13(16)14(12)17/h3-9,15-17H,2H2,1H3. The maximum Gasteiger partial charge on any atom is 0.181 e. The zero-order valence-electron chi connectivity index (χ0n) is 9.64. The third kappa shape index (κ3) is 2.50. The van der Waals surface area contributed by atoms with Crippen LogP contribution in [-0.4, -0.2) is 10.2 Å². The molecule has 2 aromatic rings. The van der Waals surface area contributed by atoms with Gasteiger partial charge in [-0.05, 0) is 36.2 Å². The summed E-state index contributed by atoms with van der Waals surface area (Å²) in [6, 6.07) is 12.8. The molecule has 88 valence electrons. The van der Waals surface area contributed by atoms with Gasteiger partial charge in [-0.2, -0.15) is 0 Å². The number of para-hydroxylation sites is 1. The van der Waals surface area contributed by atoms with Crippen LogP contribution in [0, 0.1) is 0 Å². The largest absolute Gasteiger partial charge is 0.504 e. The molecule has 0 aliphatic carbocycles. The zero-order valence-corrected chi connectivity index (χ0v) is 9.64. The molecule has 0 unspecified atom stereocenters. The lowest BCUT2D eigenvalue weighted by molar-refractivity contribution is 0.405. The Hall–Kier alpha value is -2.16. The van der Waals surface area contributed by atoms with Crippen molar-refractivity contribution >= 4 is 11.4 Å².